The molecule has 1 aromatic carbocycles. The first kappa shape index (κ1) is 13.8. The zero-order valence-corrected chi connectivity index (χ0v) is 9.95. The van der Waals surface area contributed by atoms with Crippen molar-refractivity contribution in [2.75, 3.05) is 23.4 Å². The molecular weight excluding hydrogens is 255 g/mol. The number of nitrogens with one attached hydrogen (secondary N) is 1. The fourth-order valence-electron chi connectivity index (χ4n) is 1.14. The van der Waals surface area contributed by atoms with E-state index in [-0.39, 0.29) is 23.7 Å². The summed E-state index contributed by atoms with van der Waals surface area (Å²) in [4.78, 5) is 0. The maximum Gasteiger partial charge on any atom is 0.161 e. The zero-order chi connectivity index (χ0) is 13.1. The first-order chi connectivity index (χ1) is 7.85. The number of anilines is 1. The van der Waals surface area contributed by atoms with Gasteiger partial charge in [0, 0.05) is 24.4 Å². The Labute approximate surface area is 97.6 Å². The standard InChI is InChI=1S/C10H12F3NO2S/c1-2-17(15,16)4-3-14-10-6-8(12)7(11)5-9(10)13/h5-6,14H,2-4H2,1H3. The van der Waals surface area contributed by atoms with E-state index in [4.69, 9.17) is 0 Å². The van der Waals surface area contributed by atoms with E-state index in [1.165, 1.54) is 6.92 Å². The lowest BCUT2D eigenvalue weighted by Crippen LogP contribution is -2.17. The summed E-state index contributed by atoms with van der Waals surface area (Å²) in [5.41, 5.74) is -0.254. The summed E-state index contributed by atoms with van der Waals surface area (Å²) in [5, 5.41) is 2.41. The summed E-state index contributed by atoms with van der Waals surface area (Å²) in [6.45, 7) is 1.44. The van der Waals surface area contributed by atoms with Crippen LogP contribution in [0.1, 0.15) is 6.92 Å². The predicted molar refractivity (Wildman–Crippen MR) is 59.1 cm³/mol. The second kappa shape index (κ2) is 5.39. The third kappa shape index (κ3) is 3.92. The van der Waals surface area contributed by atoms with Crippen LogP contribution in [0, 0.1) is 17.5 Å². The molecule has 7 heteroatoms. The second-order valence-corrected chi connectivity index (χ2v) is 5.88. The first-order valence-electron chi connectivity index (χ1n) is 4.94. The van der Waals surface area contributed by atoms with E-state index in [0.717, 1.165) is 0 Å². The molecule has 0 aromatic heterocycles. The Morgan fingerprint density at radius 2 is 1.71 bits per heavy atom. The molecule has 1 N–H and O–H groups in total. The highest BCUT2D eigenvalue weighted by Crippen LogP contribution is 2.18. The van der Waals surface area contributed by atoms with E-state index in [1.807, 2.05) is 0 Å². The van der Waals surface area contributed by atoms with Crippen molar-refractivity contribution >= 4 is 15.5 Å². The topological polar surface area (TPSA) is 46.2 Å². The van der Waals surface area contributed by atoms with Crippen molar-refractivity contribution in [3.8, 4) is 0 Å². The Hall–Kier alpha value is -1.24. The molecule has 0 spiro atoms. The van der Waals surface area contributed by atoms with E-state index in [1.54, 1.807) is 0 Å². The summed E-state index contributed by atoms with van der Waals surface area (Å²) in [7, 11) is -3.17. The molecule has 1 rings (SSSR count). The summed E-state index contributed by atoms with van der Waals surface area (Å²) in [6, 6.07) is 1.06. The minimum atomic E-state index is -3.17. The number of benzene rings is 1. The smallest absolute Gasteiger partial charge is 0.161 e. The molecule has 96 valence electrons. The van der Waals surface area contributed by atoms with Crippen molar-refractivity contribution < 1.29 is 21.6 Å². The van der Waals surface area contributed by atoms with Gasteiger partial charge in [0.05, 0.1) is 11.4 Å². The lowest BCUT2D eigenvalue weighted by molar-refractivity contribution is 0.496. The van der Waals surface area contributed by atoms with Crippen molar-refractivity contribution in [2.45, 2.75) is 6.92 Å². The van der Waals surface area contributed by atoms with Crippen LogP contribution in [-0.2, 0) is 9.84 Å². The molecule has 0 aliphatic carbocycles. The summed E-state index contributed by atoms with van der Waals surface area (Å²) >= 11 is 0. The first-order valence-corrected chi connectivity index (χ1v) is 6.76. The van der Waals surface area contributed by atoms with Gasteiger partial charge in [0.15, 0.2) is 21.5 Å². The highest BCUT2D eigenvalue weighted by molar-refractivity contribution is 7.91. The molecule has 0 amide bonds. The Balaban J connectivity index is 2.68. The fourth-order valence-corrected chi connectivity index (χ4v) is 1.85. The molecule has 0 heterocycles. The quantitative estimate of drug-likeness (QED) is 0.829. The maximum absolute atomic E-state index is 13.1. The van der Waals surface area contributed by atoms with Gasteiger partial charge in [-0.05, 0) is 0 Å². The van der Waals surface area contributed by atoms with Gasteiger partial charge in [-0.1, -0.05) is 6.92 Å². The minimum absolute atomic E-state index is 0.0189. The third-order valence-electron chi connectivity index (χ3n) is 2.18. The normalized spacial score (nSPS) is 11.5. The van der Waals surface area contributed by atoms with Gasteiger partial charge < -0.3 is 5.32 Å². The summed E-state index contributed by atoms with van der Waals surface area (Å²) in [6.07, 6.45) is 0. The predicted octanol–water partition coefficient (Wildman–Crippen LogP) is 1.95. The van der Waals surface area contributed by atoms with Gasteiger partial charge >= 0.3 is 0 Å². The Kier molecular flexibility index (Phi) is 4.39. The van der Waals surface area contributed by atoms with Gasteiger partial charge in [-0.2, -0.15) is 0 Å². The van der Waals surface area contributed by atoms with Crippen molar-refractivity contribution in [3.05, 3.63) is 29.6 Å². The van der Waals surface area contributed by atoms with Gasteiger partial charge in [-0.25, -0.2) is 21.6 Å². The minimum Gasteiger partial charge on any atom is -0.382 e. The number of hydrogen-bond acceptors (Lipinski definition) is 3. The largest absolute Gasteiger partial charge is 0.382 e. The molecule has 0 saturated carbocycles. The molecule has 0 fully saturated rings. The zero-order valence-electron chi connectivity index (χ0n) is 9.13. The fraction of sp³-hybridized carbons (Fsp3) is 0.400. The van der Waals surface area contributed by atoms with Crippen LogP contribution < -0.4 is 5.32 Å². The third-order valence-corrected chi connectivity index (χ3v) is 3.88. The SMILES string of the molecule is CCS(=O)(=O)CCNc1cc(F)c(F)cc1F. The van der Waals surface area contributed by atoms with Crippen LogP contribution in [0.15, 0.2) is 12.1 Å². The van der Waals surface area contributed by atoms with Crippen molar-refractivity contribution in [2.24, 2.45) is 0 Å². The molecule has 0 radical (unpaired) electrons. The lowest BCUT2D eigenvalue weighted by atomic mass is 10.3. The molecule has 0 aliphatic rings. The van der Waals surface area contributed by atoms with E-state index < -0.39 is 27.3 Å². The van der Waals surface area contributed by atoms with Crippen LogP contribution in [0.2, 0.25) is 0 Å². The number of sulfone groups is 1. The van der Waals surface area contributed by atoms with Gasteiger partial charge in [0.1, 0.15) is 5.82 Å². The van der Waals surface area contributed by atoms with Crippen LogP contribution in [0.25, 0.3) is 0 Å². The number of hydrogen-bond donors (Lipinski definition) is 1. The molecule has 0 unspecified atom stereocenters. The van der Waals surface area contributed by atoms with Crippen LogP contribution in [0.3, 0.4) is 0 Å². The maximum atomic E-state index is 13.1. The second-order valence-electron chi connectivity index (χ2n) is 3.41. The van der Waals surface area contributed by atoms with Crippen molar-refractivity contribution in [1.82, 2.24) is 0 Å². The highest BCUT2D eigenvalue weighted by atomic mass is 32.2. The Bertz CT molecular complexity index is 503. The van der Waals surface area contributed by atoms with Crippen LogP contribution in [-0.4, -0.2) is 26.5 Å². The molecule has 0 saturated heterocycles. The molecule has 3 nitrogen and oxygen atoms in total. The lowest BCUT2D eigenvalue weighted by Gasteiger charge is -2.07. The van der Waals surface area contributed by atoms with Crippen LogP contribution >= 0.6 is 0 Å². The van der Waals surface area contributed by atoms with Crippen molar-refractivity contribution in [1.29, 1.82) is 0 Å². The van der Waals surface area contributed by atoms with Crippen LogP contribution in [0.5, 0.6) is 0 Å². The van der Waals surface area contributed by atoms with E-state index in [2.05, 4.69) is 5.32 Å². The average molecular weight is 267 g/mol. The molecule has 0 atom stereocenters. The van der Waals surface area contributed by atoms with Gasteiger partial charge in [0.2, 0.25) is 0 Å². The summed E-state index contributed by atoms with van der Waals surface area (Å²) < 4.78 is 60.7. The van der Waals surface area contributed by atoms with Gasteiger partial charge in [-0.3, -0.25) is 0 Å². The van der Waals surface area contributed by atoms with E-state index >= 15 is 0 Å². The van der Waals surface area contributed by atoms with Gasteiger partial charge in [0.25, 0.3) is 0 Å². The van der Waals surface area contributed by atoms with E-state index in [9.17, 15) is 21.6 Å². The van der Waals surface area contributed by atoms with Crippen molar-refractivity contribution in [3.63, 3.8) is 0 Å². The Morgan fingerprint density at radius 3 is 2.29 bits per heavy atom. The molecule has 17 heavy (non-hydrogen) atoms. The number of rotatable bonds is 5. The average Bonchev–Trinajstić information content (AvgIpc) is 2.25. The number of halogens is 3. The Morgan fingerprint density at radius 1 is 1.12 bits per heavy atom. The monoisotopic (exact) mass is 267 g/mol. The molecular formula is C10H12F3NO2S. The molecule has 1 aromatic rings. The van der Waals surface area contributed by atoms with Crippen LogP contribution in [0.4, 0.5) is 18.9 Å². The van der Waals surface area contributed by atoms with Gasteiger partial charge in [-0.15, -0.1) is 0 Å². The highest BCUT2D eigenvalue weighted by Gasteiger charge is 2.11. The van der Waals surface area contributed by atoms with E-state index in [0.29, 0.717) is 12.1 Å². The molecule has 0 bridgehead atoms. The summed E-state index contributed by atoms with van der Waals surface area (Å²) in [5.74, 6) is -3.64. The molecule has 0 aliphatic heterocycles.